The lowest BCUT2D eigenvalue weighted by atomic mass is 10.1. The number of carbonyl (C=O) groups is 1. The van der Waals surface area contributed by atoms with Crippen LogP contribution >= 0.6 is 15.9 Å². The van der Waals surface area contributed by atoms with Crippen LogP contribution in [0.15, 0.2) is 16.7 Å². The summed E-state index contributed by atoms with van der Waals surface area (Å²) in [6.45, 7) is 2.48. The van der Waals surface area contributed by atoms with Gasteiger partial charge in [-0.1, -0.05) is 0 Å². The lowest BCUT2D eigenvalue weighted by molar-refractivity contribution is -0.117. The lowest BCUT2D eigenvalue weighted by Crippen LogP contribution is -2.25. The SMILES string of the molecule is C#CC1CC(=O)N(c2cc(Br)cnc2C)C1. The number of rotatable bonds is 1. The number of amides is 1. The van der Waals surface area contributed by atoms with Crippen LogP contribution in [0.1, 0.15) is 12.1 Å². The number of terminal acetylenes is 1. The highest BCUT2D eigenvalue weighted by Gasteiger charge is 2.30. The van der Waals surface area contributed by atoms with Crippen LogP contribution in [0, 0.1) is 25.2 Å². The maximum absolute atomic E-state index is 11.8. The van der Waals surface area contributed by atoms with Gasteiger partial charge in [-0.2, -0.15) is 0 Å². The first-order chi connectivity index (χ1) is 7.61. The van der Waals surface area contributed by atoms with Crippen molar-refractivity contribution in [2.75, 3.05) is 11.4 Å². The molecule has 1 aromatic rings. The number of aryl methyl sites for hydroxylation is 1. The largest absolute Gasteiger partial charge is 0.309 e. The molecule has 1 amide bonds. The van der Waals surface area contributed by atoms with Crippen molar-refractivity contribution in [2.45, 2.75) is 13.3 Å². The molecule has 0 aliphatic carbocycles. The highest BCUT2D eigenvalue weighted by atomic mass is 79.9. The van der Waals surface area contributed by atoms with E-state index in [9.17, 15) is 4.79 Å². The maximum Gasteiger partial charge on any atom is 0.228 e. The fourth-order valence-electron chi connectivity index (χ4n) is 1.82. The average molecular weight is 279 g/mol. The van der Waals surface area contributed by atoms with E-state index in [-0.39, 0.29) is 11.8 Å². The van der Waals surface area contributed by atoms with E-state index in [0.717, 1.165) is 15.9 Å². The molecule has 0 bridgehead atoms. The molecule has 1 aliphatic heterocycles. The van der Waals surface area contributed by atoms with Gasteiger partial charge in [0.2, 0.25) is 5.91 Å². The Bertz CT molecular complexity index is 478. The molecule has 1 aliphatic rings. The number of anilines is 1. The van der Waals surface area contributed by atoms with Crippen molar-refractivity contribution in [2.24, 2.45) is 5.92 Å². The van der Waals surface area contributed by atoms with E-state index >= 15 is 0 Å². The Morgan fingerprint density at radius 1 is 1.69 bits per heavy atom. The number of carbonyl (C=O) groups excluding carboxylic acids is 1. The molecule has 0 aromatic carbocycles. The summed E-state index contributed by atoms with van der Waals surface area (Å²) >= 11 is 3.35. The maximum atomic E-state index is 11.8. The third kappa shape index (κ3) is 1.96. The molecule has 1 fully saturated rings. The Labute approximate surface area is 103 Å². The minimum atomic E-state index is 0.0193. The van der Waals surface area contributed by atoms with Crippen LogP contribution in [-0.2, 0) is 4.79 Å². The Balaban J connectivity index is 2.35. The molecule has 2 heterocycles. The first-order valence-corrected chi connectivity index (χ1v) is 5.79. The van der Waals surface area contributed by atoms with E-state index < -0.39 is 0 Å². The van der Waals surface area contributed by atoms with Gasteiger partial charge in [0.1, 0.15) is 0 Å². The summed E-state index contributed by atoms with van der Waals surface area (Å²) < 4.78 is 0.866. The fraction of sp³-hybridized carbons (Fsp3) is 0.333. The Morgan fingerprint density at radius 2 is 2.44 bits per heavy atom. The molecule has 0 N–H and O–H groups in total. The zero-order chi connectivity index (χ0) is 11.7. The van der Waals surface area contributed by atoms with Crippen molar-refractivity contribution in [3.63, 3.8) is 0 Å². The second-order valence-corrected chi connectivity index (χ2v) is 4.75. The minimum absolute atomic E-state index is 0.0193. The third-order valence-corrected chi connectivity index (χ3v) is 3.11. The van der Waals surface area contributed by atoms with Gasteiger partial charge in [0.15, 0.2) is 0 Å². The van der Waals surface area contributed by atoms with E-state index in [1.807, 2.05) is 13.0 Å². The highest BCUT2D eigenvalue weighted by molar-refractivity contribution is 9.10. The quantitative estimate of drug-likeness (QED) is 0.738. The van der Waals surface area contributed by atoms with Gasteiger partial charge in [-0.05, 0) is 28.9 Å². The van der Waals surface area contributed by atoms with E-state index in [4.69, 9.17) is 6.42 Å². The van der Waals surface area contributed by atoms with E-state index in [2.05, 4.69) is 26.8 Å². The monoisotopic (exact) mass is 278 g/mol. The Morgan fingerprint density at radius 3 is 3.06 bits per heavy atom. The summed E-state index contributed by atoms with van der Waals surface area (Å²) in [5.41, 5.74) is 1.69. The van der Waals surface area contributed by atoms with Gasteiger partial charge in [-0.25, -0.2) is 0 Å². The molecule has 16 heavy (non-hydrogen) atoms. The number of halogens is 1. The zero-order valence-corrected chi connectivity index (χ0v) is 10.5. The molecule has 1 unspecified atom stereocenters. The summed E-state index contributed by atoms with van der Waals surface area (Å²) in [7, 11) is 0. The smallest absolute Gasteiger partial charge is 0.228 e. The molecule has 1 atom stereocenters. The van der Waals surface area contributed by atoms with Gasteiger partial charge in [0, 0.05) is 29.6 Å². The average Bonchev–Trinajstić information content (AvgIpc) is 2.63. The second kappa shape index (κ2) is 4.26. The minimum Gasteiger partial charge on any atom is -0.309 e. The van der Waals surface area contributed by atoms with Crippen LogP contribution < -0.4 is 4.90 Å². The molecular formula is C12H11BrN2O. The van der Waals surface area contributed by atoms with Gasteiger partial charge in [-0.3, -0.25) is 9.78 Å². The first kappa shape index (κ1) is 11.2. The van der Waals surface area contributed by atoms with Crippen molar-refractivity contribution in [3.8, 4) is 12.3 Å². The Kier molecular flexibility index (Phi) is 2.97. The van der Waals surface area contributed by atoms with Gasteiger partial charge >= 0.3 is 0 Å². The van der Waals surface area contributed by atoms with Crippen LogP contribution in [0.3, 0.4) is 0 Å². The molecule has 3 nitrogen and oxygen atoms in total. The summed E-state index contributed by atoms with van der Waals surface area (Å²) in [6, 6.07) is 1.90. The standard InChI is InChI=1S/C12H11BrN2O/c1-3-9-4-12(16)15(7-9)11-5-10(13)6-14-8(11)2/h1,5-6,9H,4,7H2,2H3. The fourth-order valence-corrected chi connectivity index (χ4v) is 2.14. The molecule has 0 radical (unpaired) electrons. The van der Waals surface area contributed by atoms with Crippen LogP contribution in [-0.4, -0.2) is 17.4 Å². The predicted octanol–water partition coefficient (Wildman–Crippen LogP) is 2.14. The normalized spacial score (nSPS) is 19.9. The van der Waals surface area contributed by atoms with Crippen LogP contribution in [0.25, 0.3) is 0 Å². The number of pyridine rings is 1. The predicted molar refractivity (Wildman–Crippen MR) is 66.0 cm³/mol. The third-order valence-electron chi connectivity index (χ3n) is 2.68. The van der Waals surface area contributed by atoms with Crippen molar-refractivity contribution >= 4 is 27.5 Å². The molecule has 1 aromatic heterocycles. The highest BCUT2D eigenvalue weighted by Crippen LogP contribution is 2.28. The molecule has 82 valence electrons. The molecule has 0 saturated carbocycles. The van der Waals surface area contributed by atoms with Crippen LogP contribution in [0.4, 0.5) is 5.69 Å². The van der Waals surface area contributed by atoms with Gasteiger partial charge in [0.25, 0.3) is 0 Å². The van der Waals surface area contributed by atoms with Gasteiger partial charge < -0.3 is 4.90 Å². The summed E-state index contributed by atoms with van der Waals surface area (Å²) in [6.07, 6.45) is 7.50. The summed E-state index contributed by atoms with van der Waals surface area (Å²) in [5.74, 6) is 2.73. The van der Waals surface area contributed by atoms with Crippen molar-refractivity contribution in [1.82, 2.24) is 4.98 Å². The van der Waals surface area contributed by atoms with E-state index in [1.165, 1.54) is 0 Å². The molecule has 0 spiro atoms. The van der Waals surface area contributed by atoms with E-state index in [1.54, 1.807) is 11.1 Å². The number of nitrogens with zero attached hydrogens (tertiary/aromatic N) is 2. The van der Waals surface area contributed by atoms with E-state index in [0.29, 0.717) is 13.0 Å². The summed E-state index contributed by atoms with van der Waals surface area (Å²) in [5, 5.41) is 0. The summed E-state index contributed by atoms with van der Waals surface area (Å²) in [4.78, 5) is 17.7. The molecule has 2 rings (SSSR count). The molecule has 1 saturated heterocycles. The van der Waals surface area contributed by atoms with Crippen LogP contribution in [0.5, 0.6) is 0 Å². The lowest BCUT2D eigenvalue weighted by Gasteiger charge is -2.17. The van der Waals surface area contributed by atoms with Gasteiger partial charge in [-0.15, -0.1) is 12.3 Å². The van der Waals surface area contributed by atoms with Crippen molar-refractivity contribution < 1.29 is 4.79 Å². The topological polar surface area (TPSA) is 33.2 Å². The zero-order valence-electron chi connectivity index (χ0n) is 8.90. The number of hydrogen-bond donors (Lipinski definition) is 0. The first-order valence-electron chi connectivity index (χ1n) is 5.00. The Hall–Kier alpha value is -1.34. The molecule has 4 heteroatoms. The van der Waals surface area contributed by atoms with Crippen molar-refractivity contribution in [3.05, 3.63) is 22.4 Å². The van der Waals surface area contributed by atoms with Gasteiger partial charge in [0.05, 0.1) is 11.4 Å². The second-order valence-electron chi connectivity index (χ2n) is 3.83. The van der Waals surface area contributed by atoms with Crippen molar-refractivity contribution in [1.29, 1.82) is 0 Å². The molecular weight excluding hydrogens is 268 g/mol. The van der Waals surface area contributed by atoms with Crippen LogP contribution in [0.2, 0.25) is 0 Å². The number of hydrogen-bond acceptors (Lipinski definition) is 2. The number of aromatic nitrogens is 1.